The summed E-state index contributed by atoms with van der Waals surface area (Å²) < 4.78 is 11.3. The lowest BCUT2D eigenvalue weighted by molar-refractivity contribution is 0.351. The Kier molecular flexibility index (Phi) is 5.56. The molecule has 1 saturated heterocycles. The van der Waals surface area contributed by atoms with Gasteiger partial charge in [-0.05, 0) is 79.2 Å². The van der Waals surface area contributed by atoms with Crippen LogP contribution in [-0.2, 0) is 0 Å². The molecular formula is C18H22BrN3OS. The number of hydrogen-bond donors (Lipinski definition) is 0. The highest BCUT2D eigenvalue weighted by atomic mass is 79.9. The summed E-state index contributed by atoms with van der Waals surface area (Å²) >= 11 is 4.89. The van der Waals surface area contributed by atoms with Crippen LogP contribution in [0.2, 0.25) is 0 Å². The third-order valence-corrected chi connectivity index (χ3v) is 6.22. The Morgan fingerprint density at radius 2 is 1.92 bits per heavy atom. The minimum atomic E-state index is 0.791. The Labute approximate surface area is 155 Å². The molecule has 2 aromatic rings. The summed E-state index contributed by atoms with van der Waals surface area (Å²) in [6.07, 6.45) is 5.85. The van der Waals surface area contributed by atoms with E-state index in [2.05, 4.69) is 56.2 Å². The van der Waals surface area contributed by atoms with Crippen molar-refractivity contribution >= 4 is 39.5 Å². The summed E-state index contributed by atoms with van der Waals surface area (Å²) in [5, 5.41) is 0.791. The zero-order chi connectivity index (χ0) is 17.1. The lowest BCUT2D eigenvalue weighted by Crippen LogP contribution is -2.28. The monoisotopic (exact) mass is 407 g/mol. The molecule has 1 aliphatic heterocycles. The van der Waals surface area contributed by atoms with Gasteiger partial charge < -0.3 is 9.64 Å². The number of benzene rings is 1. The first-order valence-electron chi connectivity index (χ1n) is 8.23. The van der Waals surface area contributed by atoms with E-state index < -0.39 is 0 Å². The Bertz CT molecular complexity index is 751. The van der Waals surface area contributed by atoms with Crippen LogP contribution >= 0.6 is 27.5 Å². The highest BCUT2D eigenvalue weighted by molar-refractivity contribution is 9.10. The topological polar surface area (TPSA) is 37.7 Å². The zero-order valence-electron chi connectivity index (χ0n) is 14.3. The highest BCUT2D eigenvalue weighted by Gasteiger charge is 2.13. The molecule has 1 aromatic heterocycles. The van der Waals surface area contributed by atoms with Crippen molar-refractivity contribution < 1.29 is 4.74 Å². The standard InChI is InChI=1S/C18H22BrN3OS/c1-12-10-16(23-18-17(19)14(3)21-24-18)13(2)9-15(12)20-11-22-7-5-4-6-8-22/h9-11H,4-8H2,1-3H3. The molecule has 0 N–H and O–H groups in total. The van der Waals surface area contributed by atoms with E-state index in [1.165, 1.54) is 30.8 Å². The number of halogens is 1. The molecular weight excluding hydrogens is 386 g/mol. The zero-order valence-corrected chi connectivity index (χ0v) is 16.7. The molecule has 0 unspecified atom stereocenters. The van der Waals surface area contributed by atoms with E-state index in [-0.39, 0.29) is 0 Å². The van der Waals surface area contributed by atoms with Crippen LogP contribution in [0.25, 0.3) is 0 Å². The van der Waals surface area contributed by atoms with Crippen molar-refractivity contribution in [3.8, 4) is 10.8 Å². The van der Waals surface area contributed by atoms with E-state index in [0.29, 0.717) is 0 Å². The predicted molar refractivity (Wildman–Crippen MR) is 104 cm³/mol. The molecule has 0 atom stereocenters. The highest BCUT2D eigenvalue weighted by Crippen LogP contribution is 2.38. The smallest absolute Gasteiger partial charge is 0.214 e. The fraction of sp³-hybridized carbons (Fsp3) is 0.444. The number of hydrogen-bond acceptors (Lipinski definition) is 4. The molecule has 0 aliphatic carbocycles. The number of likely N-dealkylation sites (tertiary alicyclic amines) is 1. The van der Waals surface area contributed by atoms with Gasteiger partial charge in [-0.1, -0.05) is 0 Å². The van der Waals surface area contributed by atoms with Gasteiger partial charge in [-0.25, -0.2) is 4.99 Å². The van der Waals surface area contributed by atoms with Crippen LogP contribution in [0.15, 0.2) is 21.6 Å². The van der Waals surface area contributed by atoms with E-state index in [9.17, 15) is 0 Å². The molecule has 0 bridgehead atoms. The summed E-state index contributed by atoms with van der Waals surface area (Å²) in [6.45, 7) is 8.31. The molecule has 128 valence electrons. The van der Waals surface area contributed by atoms with Crippen LogP contribution in [0, 0.1) is 20.8 Å². The molecule has 0 radical (unpaired) electrons. The van der Waals surface area contributed by atoms with Gasteiger partial charge in [0.2, 0.25) is 5.06 Å². The van der Waals surface area contributed by atoms with Crippen LogP contribution in [0.4, 0.5) is 5.69 Å². The Morgan fingerprint density at radius 1 is 1.17 bits per heavy atom. The maximum atomic E-state index is 6.04. The van der Waals surface area contributed by atoms with E-state index >= 15 is 0 Å². The second-order valence-corrected chi connectivity index (χ2v) is 7.75. The van der Waals surface area contributed by atoms with E-state index in [1.807, 2.05) is 13.3 Å². The van der Waals surface area contributed by atoms with Gasteiger partial charge in [0.25, 0.3) is 0 Å². The predicted octanol–water partition coefficient (Wildman–Crippen LogP) is 5.77. The molecule has 24 heavy (non-hydrogen) atoms. The lowest BCUT2D eigenvalue weighted by atomic mass is 10.1. The molecule has 0 spiro atoms. The molecule has 3 rings (SSSR count). The first-order chi connectivity index (χ1) is 11.5. The molecule has 4 nitrogen and oxygen atoms in total. The van der Waals surface area contributed by atoms with Gasteiger partial charge in [0.15, 0.2) is 0 Å². The van der Waals surface area contributed by atoms with Crippen LogP contribution in [0.3, 0.4) is 0 Å². The SMILES string of the molecule is Cc1cc(Oc2snc(C)c2Br)c(C)cc1N=CN1CCCCC1. The Hall–Kier alpha value is -1.40. The van der Waals surface area contributed by atoms with E-state index in [4.69, 9.17) is 4.74 Å². The van der Waals surface area contributed by atoms with Gasteiger partial charge in [0.05, 0.1) is 22.2 Å². The number of ether oxygens (including phenoxy) is 1. The van der Waals surface area contributed by atoms with E-state index in [0.717, 1.165) is 50.9 Å². The Morgan fingerprint density at radius 3 is 2.58 bits per heavy atom. The fourth-order valence-corrected chi connectivity index (χ4v) is 3.87. The van der Waals surface area contributed by atoms with Gasteiger partial charge in [-0.2, -0.15) is 4.37 Å². The van der Waals surface area contributed by atoms with Crippen molar-refractivity contribution in [3.05, 3.63) is 33.4 Å². The van der Waals surface area contributed by atoms with Crippen LogP contribution in [-0.4, -0.2) is 28.7 Å². The second-order valence-electron chi connectivity index (χ2n) is 6.22. The van der Waals surface area contributed by atoms with Crippen molar-refractivity contribution in [3.63, 3.8) is 0 Å². The number of piperidine rings is 1. The van der Waals surface area contributed by atoms with Crippen molar-refractivity contribution in [2.75, 3.05) is 13.1 Å². The molecule has 2 heterocycles. The third kappa shape index (κ3) is 3.98. The first kappa shape index (κ1) is 17.4. The average Bonchev–Trinajstić information content (AvgIpc) is 2.89. The third-order valence-electron chi connectivity index (χ3n) is 4.21. The minimum absolute atomic E-state index is 0.791. The quantitative estimate of drug-likeness (QED) is 0.476. The van der Waals surface area contributed by atoms with Crippen molar-refractivity contribution in [1.82, 2.24) is 9.27 Å². The van der Waals surface area contributed by atoms with Crippen molar-refractivity contribution in [2.24, 2.45) is 4.99 Å². The lowest BCUT2D eigenvalue weighted by Gasteiger charge is -2.23. The Balaban J connectivity index is 1.78. The summed E-state index contributed by atoms with van der Waals surface area (Å²) in [6, 6.07) is 4.15. The maximum absolute atomic E-state index is 6.04. The number of aryl methyl sites for hydroxylation is 3. The molecule has 6 heteroatoms. The van der Waals surface area contributed by atoms with E-state index in [1.54, 1.807) is 0 Å². The van der Waals surface area contributed by atoms with Gasteiger partial charge in [0.1, 0.15) is 5.75 Å². The maximum Gasteiger partial charge on any atom is 0.214 e. The average molecular weight is 408 g/mol. The summed E-state index contributed by atoms with van der Waals surface area (Å²) in [5.74, 6) is 0.855. The van der Waals surface area contributed by atoms with Crippen LogP contribution < -0.4 is 4.74 Å². The molecule has 0 saturated carbocycles. The molecule has 1 aromatic carbocycles. The van der Waals surface area contributed by atoms with Gasteiger partial charge in [-0.15, -0.1) is 0 Å². The van der Waals surface area contributed by atoms with Crippen molar-refractivity contribution in [2.45, 2.75) is 40.0 Å². The van der Waals surface area contributed by atoms with Gasteiger partial charge >= 0.3 is 0 Å². The minimum Gasteiger partial charge on any atom is -0.444 e. The summed E-state index contributed by atoms with van der Waals surface area (Å²) in [5.41, 5.74) is 4.14. The first-order valence-corrected chi connectivity index (χ1v) is 9.80. The van der Waals surface area contributed by atoms with Gasteiger partial charge in [-0.3, -0.25) is 0 Å². The van der Waals surface area contributed by atoms with Crippen LogP contribution in [0.1, 0.15) is 36.1 Å². The molecule has 0 amide bonds. The summed E-state index contributed by atoms with van der Waals surface area (Å²) in [4.78, 5) is 6.99. The van der Waals surface area contributed by atoms with Gasteiger partial charge in [0, 0.05) is 24.6 Å². The largest absolute Gasteiger partial charge is 0.444 e. The fourth-order valence-electron chi connectivity index (χ4n) is 2.70. The number of aliphatic imine (C=N–C) groups is 1. The van der Waals surface area contributed by atoms with Crippen LogP contribution in [0.5, 0.6) is 10.8 Å². The second kappa shape index (κ2) is 7.66. The normalized spacial score (nSPS) is 15.2. The number of aromatic nitrogens is 1. The number of nitrogens with zero attached hydrogens (tertiary/aromatic N) is 3. The number of rotatable bonds is 4. The molecule has 1 aliphatic rings. The summed E-state index contributed by atoms with van der Waals surface area (Å²) in [7, 11) is 0. The molecule has 1 fully saturated rings. The van der Waals surface area contributed by atoms with Crippen molar-refractivity contribution in [1.29, 1.82) is 0 Å².